The van der Waals surface area contributed by atoms with Gasteiger partial charge in [0.1, 0.15) is 24.7 Å². The molecule has 3 aromatic rings. The summed E-state index contributed by atoms with van der Waals surface area (Å²) in [5.41, 5.74) is 1.78. The maximum Gasteiger partial charge on any atom is 0.262 e. The standard InChI is InChI=1S/C25H26N2O7S/c1-31-20-8-10-22(32-2)17(15-20)3-12-25(28)26-18-4-6-19(7-5-18)27-35(29,30)21-9-11-23-24(16-21)34-14-13-33-23/h4-11,15-16,27H,3,12-14H2,1-2H3,(H,26,28). The zero-order valence-electron chi connectivity index (χ0n) is 19.4. The van der Waals surface area contributed by atoms with E-state index in [4.69, 9.17) is 18.9 Å². The number of ether oxygens (including phenoxy) is 4. The number of hydrogen-bond acceptors (Lipinski definition) is 7. The molecule has 4 rings (SSSR count). The fourth-order valence-corrected chi connectivity index (χ4v) is 4.65. The van der Waals surface area contributed by atoms with Gasteiger partial charge in [0.05, 0.1) is 19.1 Å². The first kappa shape index (κ1) is 24.2. The summed E-state index contributed by atoms with van der Waals surface area (Å²) in [4.78, 5) is 12.5. The lowest BCUT2D eigenvalue weighted by Gasteiger charge is -2.19. The molecule has 2 N–H and O–H groups in total. The highest BCUT2D eigenvalue weighted by Crippen LogP contribution is 2.33. The van der Waals surface area contributed by atoms with Crippen LogP contribution in [0.5, 0.6) is 23.0 Å². The Hall–Kier alpha value is -3.92. The van der Waals surface area contributed by atoms with E-state index in [1.54, 1.807) is 56.7 Å². The van der Waals surface area contributed by atoms with Crippen LogP contribution in [0.25, 0.3) is 0 Å². The van der Waals surface area contributed by atoms with Crippen LogP contribution in [-0.4, -0.2) is 41.8 Å². The number of hydrogen-bond donors (Lipinski definition) is 2. The Bertz CT molecular complexity index is 1310. The zero-order chi connectivity index (χ0) is 24.8. The molecule has 0 saturated carbocycles. The van der Waals surface area contributed by atoms with Crippen LogP contribution in [0.15, 0.2) is 65.6 Å². The molecule has 184 valence electrons. The Morgan fingerprint density at radius 1 is 0.886 bits per heavy atom. The molecule has 0 bridgehead atoms. The maximum atomic E-state index is 12.8. The second-order valence-electron chi connectivity index (χ2n) is 7.71. The van der Waals surface area contributed by atoms with Crippen molar-refractivity contribution in [2.45, 2.75) is 17.7 Å². The van der Waals surface area contributed by atoms with E-state index in [0.717, 1.165) is 5.56 Å². The second-order valence-corrected chi connectivity index (χ2v) is 9.40. The fourth-order valence-electron chi connectivity index (χ4n) is 3.58. The van der Waals surface area contributed by atoms with Crippen molar-refractivity contribution < 1.29 is 32.2 Å². The van der Waals surface area contributed by atoms with Gasteiger partial charge in [-0.25, -0.2) is 8.42 Å². The van der Waals surface area contributed by atoms with E-state index < -0.39 is 10.0 Å². The van der Waals surface area contributed by atoms with Crippen LogP contribution >= 0.6 is 0 Å². The highest BCUT2D eigenvalue weighted by Gasteiger charge is 2.19. The quantitative estimate of drug-likeness (QED) is 0.461. The second kappa shape index (κ2) is 10.6. The number of benzene rings is 3. The Kier molecular flexibility index (Phi) is 7.31. The van der Waals surface area contributed by atoms with E-state index >= 15 is 0 Å². The van der Waals surface area contributed by atoms with Gasteiger partial charge in [-0.15, -0.1) is 0 Å². The summed E-state index contributed by atoms with van der Waals surface area (Å²) in [6.45, 7) is 0.791. The van der Waals surface area contributed by atoms with Crippen LogP contribution in [0.1, 0.15) is 12.0 Å². The first-order chi connectivity index (χ1) is 16.9. The average molecular weight is 499 g/mol. The van der Waals surface area contributed by atoms with E-state index in [1.807, 2.05) is 6.07 Å². The number of fused-ring (bicyclic) bond motifs is 1. The third kappa shape index (κ3) is 5.96. The molecule has 0 radical (unpaired) electrons. The van der Waals surface area contributed by atoms with Gasteiger partial charge < -0.3 is 24.3 Å². The number of aryl methyl sites for hydroxylation is 1. The Morgan fingerprint density at radius 2 is 1.60 bits per heavy atom. The zero-order valence-corrected chi connectivity index (χ0v) is 20.2. The summed E-state index contributed by atoms with van der Waals surface area (Å²) < 4.78 is 49.6. The minimum atomic E-state index is -3.83. The van der Waals surface area contributed by atoms with Gasteiger partial charge in [-0.3, -0.25) is 9.52 Å². The summed E-state index contributed by atoms with van der Waals surface area (Å²) in [6.07, 6.45) is 0.710. The van der Waals surface area contributed by atoms with E-state index in [0.29, 0.717) is 54.0 Å². The van der Waals surface area contributed by atoms with E-state index in [-0.39, 0.29) is 17.2 Å². The molecule has 1 amide bonds. The normalized spacial score (nSPS) is 12.5. The Labute approximate surface area is 204 Å². The van der Waals surface area contributed by atoms with Crippen molar-refractivity contribution in [3.8, 4) is 23.0 Å². The van der Waals surface area contributed by atoms with Crippen molar-refractivity contribution in [2.24, 2.45) is 0 Å². The topological polar surface area (TPSA) is 112 Å². The lowest BCUT2D eigenvalue weighted by molar-refractivity contribution is -0.116. The fraction of sp³-hybridized carbons (Fsp3) is 0.240. The van der Waals surface area contributed by atoms with Gasteiger partial charge in [-0.1, -0.05) is 0 Å². The molecule has 9 nitrogen and oxygen atoms in total. The average Bonchev–Trinajstić information content (AvgIpc) is 2.88. The van der Waals surface area contributed by atoms with Crippen molar-refractivity contribution in [1.82, 2.24) is 0 Å². The molecule has 35 heavy (non-hydrogen) atoms. The van der Waals surface area contributed by atoms with Gasteiger partial charge in [0.15, 0.2) is 11.5 Å². The van der Waals surface area contributed by atoms with E-state index in [1.165, 1.54) is 12.1 Å². The molecule has 0 unspecified atom stereocenters. The first-order valence-electron chi connectivity index (χ1n) is 10.9. The summed E-state index contributed by atoms with van der Waals surface area (Å²) in [6, 6.07) is 16.3. The van der Waals surface area contributed by atoms with Crippen molar-refractivity contribution in [1.29, 1.82) is 0 Å². The number of methoxy groups -OCH3 is 2. The molecule has 0 aromatic heterocycles. The number of nitrogens with one attached hydrogen (secondary N) is 2. The number of rotatable bonds is 9. The molecule has 0 atom stereocenters. The predicted molar refractivity (Wildman–Crippen MR) is 131 cm³/mol. The van der Waals surface area contributed by atoms with Crippen LogP contribution in [0, 0.1) is 0 Å². The molecular weight excluding hydrogens is 472 g/mol. The summed E-state index contributed by atoms with van der Waals surface area (Å²) >= 11 is 0. The molecule has 0 saturated heterocycles. The van der Waals surface area contributed by atoms with E-state index in [9.17, 15) is 13.2 Å². The van der Waals surface area contributed by atoms with Gasteiger partial charge in [0.2, 0.25) is 5.91 Å². The van der Waals surface area contributed by atoms with Crippen LogP contribution in [0.3, 0.4) is 0 Å². The summed E-state index contributed by atoms with van der Waals surface area (Å²) in [5.74, 6) is 2.10. The molecule has 3 aromatic carbocycles. The number of carbonyl (C=O) groups is 1. The molecule has 1 aliphatic rings. The molecular formula is C25H26N2O7S. The van der Waals surface area contributed by atoms with E-state index in [2.05, 4.69) is 10.0 Å². The third-order valence-electron chi connectivity index (χ3n) is 5.35. The molecule has 0 aliphatic carbocycles. The van der Waals surface area contributed by atoms with Crippen molar-refractivity contribution in [3.63, 3.8) is 0 Å². The van der Waals surface area contributed by atoms with Crippen LogP contribution in [-0.2, 0) is 21.2 Å². The summed E-state index contributed by atoms with van der Waals surface area (Å²) in [7, 11) is -0.669. The lowest BCUT2D eigenvalue weighted by Crippen LogP contribution is -2.17. The van der Waals surface area contributed by atoms with Crippen molar-refractivity contribution >= 4 is 27.3 Å². The van der Waals surface area contributed by atoms with Crippen LogP contribution in [0.2, 0.25) is 0 Å². The maximum absolute atomic E-state index is 12.8. The van der Waals surface area contributed by atoms with Crippen LogP contribution in [0.4, 0.5) is 11.4 Å². The summed E-state index contributed by atoms with van der Waals surface area (Å²) in [5, 5.41) is 2.82. The highest BCUT2D eigenvalue weighted by molar-refractivity contribution is 7.92. The molecule has 1 aliphatic heterocycles. The molecule has 10 heteroatoms. The minimum Gasteiger partial charge on any atom is -0.497 e. The van der Waals surface area contributed by atoms with Crippen LogP contribution < -0.4 is 29.0 Å². The number of sulfonamides is 1. The van der Waals surface area contributed by atoms with Crippen molar-refractivity contribution in [2.75, 3.05) is 37.5 Å². The molecule has 0 fully saturated rings. The lowest BCUT2D eigenvalue weighted by atomic mass is 10.1. The molecule has 1 heterocycles. The smallest absolute Gasteiger partial charge is 0.262 e. The molecule has 0 spiro atoms. The van der Waals surface area contributed by atoms with Gasteiger partial charge in [-0.2, -0.15) is 0 Å². The number of amides is 1. The third-order valence-corrected chi connectivity index (χ3v) is 6.73. The highest BCUT2D eigenvalue weighted by atomic mass is 32.2. The predicted octanol–water partition coefficient (Wildman–Crippen LogP) is 3.85. The largest absolute Gasteiger partial charge is 0.497 e. The van der Waals surface area contributed by atoms with Gasteiger partial charge in [0, 0.05) is 23.9 Å². The number of carbonyl (C=O) groups excluding carboxylic acids is 1. The Morgan fingerprint density at radius 3 is 2.31 bits per heavy atom. The Balaban J connectivity index is 1.35. The number of anilines is 2. The van der Waals surface area contributed by atoms with Gasteiger partial charge in [-0.05, 0) is 66.6 Å². The monoisotopic (exact) mass is 498 g/mol. The SMILES string of the molecule is COc1ccc(OC)c(CCC(=O)Nc2ccc(NS(=O)(=O)c3ccc4c(c3)OCCO4)cc2)c1. The van der Waals surface area contributed by atoms with Crippen molar-refractivity contribution in [3.05, 3.63) is 66.2 Å². The van der Waals surface area contributed by atoms with Gasteiger partial charge in [0.25, 0.3) is 10.0 Å². The minimum absolute atomic E-state index is 0.0621. The van der Waals surface area contributed by atoms with Gasteiger partial charge >= 0.3 is 0 Å². The first-order valence-corrected chi connectivity index (χ1v) is 12.4.